The molecule has 168 valence electrons. The van der Waals surface area contributed by atoms with Crippen molar-refractivity contribution in [2.24, 2.45) is 0 Å². The molecule has 10 nitrogen and oxygen atoms in total. The molecule has 0 radical (unpaired) electrons. The molecule has 0 saturated heterocycles. The molecule has 3 rings (SSSR count). The van der Waals surface area contributed by atoms with Gasteiger partial charge < -0.3 is 4.74 Å². The number of nitrogens with one attached hydrogen (secondary N) is 1. The fraction of sp³-hybridized carbons (Fsp3) is 0.238. The van der Waals surface area contributed by atoms with E-state index in [1.807, 2.05) is 19.1 Å². The van der Waals surface area contributed by atoms with Gasteiger partial charge in [-0.2, -0.15) is 5.10 Å². The molecule has 0 aliphatic heterocycles. The quantitative estimate of drug-likeness (QED) is 0.385. The number of nitro groups is 1. The van der Waals surface area contributed by atoms with E-state index in [0.717, 1.165) is 22.1 Å². The zero-order valence-electron chi connectivity index (χ0n) is 17.5. The van der Waals surface area contributed by atoms with Crippen LogP contribution in [0.3, 0.4) is 0 Å². The van der Waals surface area contributed by atoms with Crippen molar-refractivity contribution in [2.45, 2.75) is 25.3 Å². The third-order valence-electron chi connectivity index (χ3n) is 4.62. The first kappa shape index (κ1) is 23.1. The highest BCUT2D eigenvalue weighted by Crippen LogP contribution is 2.22. The number of hydrogen-bond donors (Lipinski definition) is 1. The van der Waals surface area contributed by atoms with Crippen molar-refractivity contribution in [3.05, 3.63) is 80.6 Å². The Morgan fingerprint density at radius 3 is 2.50 bits per heavy atom. The summed E-state index contributed by atoms with van der Waals surface area (Å²) in [5, 5.41) is 15.3. The minimum atomic E-state index is -4.01. The van der Waals surface area contributed by atoms with Crippen LogP contribution in [-0.2, 0) is 16.6 Å². The SMILES string of the molecule is CCOc1ccc(-c2ccc(=O)n(CCNS(=O)(=O)c3cc([N+](=O)[O-])ccc3C)n2)cc1. The fourth-order valence-corrected chi connectivity index (χ4v) is 4.29. The van der Waals surface area contributed by atoms with Crippen LogP contribution in [0.15, 0.2) is 64.3 Å². The second-order valence-corrected chi connectivity index (χ2v) is 8.58. The molecule has 0 aliphatic carbocycles. The van der Waals surface area contributed by atoms with Gasteiger partial charge in [0, 0.05) is 30.3 Å². The van der Waals surface area contributed by atoms with E-state index in [1.54, 1.807) is 25.1 Å². The Morgan fingerprint density at radius 2 is 1.84 bits per heavy atom. The lowest BCUT2D eigenvalue weighted by atomic mass is 10.1. The normalized spacial score (nSPS) is 11.3. The second kappa shape index (κ2) is 9.71. The van der Waals surface area contributed by atoms with Crippen LogP contribution in [0.1, 0.15) is 12.5 Å². The summed E-state index contributed by atoms with van der Waals surface area (Å²) in [6.07, 6.45) is 0. The maximum absolute atomic E-state index is 12.6. The van der Waals surface area contributed by atoms with E-state index in [0.29, 0.717) is 17.9 Å². The number of benzene rings is 2. The molecule has 0 bridgehead atoms. The van der Waals surface area contributed by atoms with Crippen LogP contribution >= 0.6 is 0 Å². The summed E-state index contributed by atoms with van der Waals surface area (Å²) < 4.78 is 34.2. The molecule has 3 aromatic rings. The van der Waals surface area contributed by atoms with Gasteiger partial charge in [-0.1, -0.05) is 6.07 Å². The van der Waals surface area contributed by atoms with Gasteiger partial charge in [-0.05, 0) is 49.7 Å². The molecule has 1 aromatic heterocycles. The van der Waals surface area contributed by atoms with Gasteiger partial charge in [-0.15, -0.1) is 0 Å². The molecule has 0 amide bonds. The summed E-state index contributed by atoms with van der Waals surface area (Å²) in [5.74, 6) is 0.718. The number of aromatic nitrogens is 2. The summed E-state index contributed by atoms with van der Waals surface area (Å²) in [5.41, 5.74) is 0.984. The van der Waals surface area contributed by atoms with Gasteiger partial charge in [-0.25, -0.2) is 17.8 Å². The van der Waals surface area contributed by atoms with Crippen LogP contribution in [0.2, 0.25) is 0 Å². The second-order valence-electron chi connectivity index (χ2n) is 6.84. The summed E-state index contributed by atoms with van der Waals surface area (Å²) in [6, 6.07) is 13.8. The smallest absolute Gasteiger partial charge is 0.270 e. The number of ether oxygens (including phenoxy) is 1. The zero-order chi connectivity index (χ0) is 23.3. The number of rotatable bonds is 9. The van der Waals surface area contributed by atoms with Crippen LogP contribution in [-0.4, -0.2) is 36.3 Å². The Labute approximate surface area is 184 Å². The molecule has 0 aliphatic rings. The van der Waals surface area contributed by atoms with E-state index in [-0.39, 0.29) is 29.2 Å². The lowest BCUT2D eigenvalue weighted by Gasteiger charge is -2.11. The van der Waals surface area contributed by atoms with Crippen molar-refractivity contribution in [1.29, 1.82) is 0 Å². The highest BCUT2D eigenvalue weighted by molar-refractivity contribution is 7.89. The Hall–Kier alpha value is -3.57. The van der Waals surface area contributed by atoms with Gasteiger partial charge in [0.25, 0.3) is 11.2 Å². The minimum Gasteiger partial charge on any atom is -0.494 e. The molecular weight excluding hydrogens is 436 g/mol. The van der Waals surface area contributed by atoms with Crippen molar-refractivity contribution in [1.82, 2.24) is 14.5 Å². The number of nitro benzene ring substituents is 1. The predicted octanol–water partition coefficient (Wildman–Crippen LogP) is 2.50. The van der Waals surface area contributed by atoms with E-state index in [2.05, 4.69) is 9.82 Å². The molecule has 2 aromatic carbocycles. The average Bonchev–Trinajstić information content (AvgIpc) is 2.76. The average molecular weight is 458 g/mol. The molecule has 1 heterocycles. The molecule has 1 N–H and O–H groups in total. The van der Waals surface area contributed by atoms with E-state index < -0.39 is 14.9 Å². The molecule has 0 fully saturated rings. The Kier molecular flexibility index (Phi) is 7.01. The predicted molar refractivity (Wildman–Crippen MR) is 118 cm³/mol. The molecule has 0 unspecified atom stereocenters. The first-order valence-electron chi connectivity index (χ1n) is 9.77. The summed E-state index contributed by atoms with van der Waals surface area (Å²) in [4.78, 5) is 22.3. The molecule has 0 spiro atoms. The topological polar surface area (TPSA) is 133 Å². The number of sulfonamides is 1. The monoisotopic (exact) mass is 458 g/mol. The van der Waals surface area contributed by atoms with E-state index in [9.17, 15) is 23.3 Å². The number of nitrogens with zero attached hydrogens (tertiary/aromatic N) is 3. The standard InChI is InChI=1S/C21H22N4O6S/c1-3-31-18-8-5-16(6-9-18)19-10-11-21(26)24(23-19)13-12-22-32(29,30)20-14-17(25(27)28)7-4-15(20)2/h4-11,14,22H,3,12-13H2,1-2H3. The molecule has 11 heteroatoms. The molecule has 0 saturated carbocycles. The van der Waals surface area contributed by atoms with Crippen molar-refractivity contribution < 1.29 is 18.1 Å². The first-order chi connectivity index (χ1) is 15.2. The van der Waals surface area contributed by atoms with Crippen LogP contribution in [0.25, 0.3) is 11.3 Å². The molecule has 0 atom stereocenters. The zero-order valence-corrected chi connectivity index (χ0v) is 18.3. The van der Waals surface area contributed by atoms with Crippen molar-refractivity contribution in [3.8, 4) is 17.0 Å². The van der Waals surface area contributed by atoms with Crippen LogP contribution < -0.4 is 15.0 Å². The highest BCUT2D eigenvalue weighted by Gasteiger charge is 2.20. The van der Waals surface area contributed by atoms with Crippen molar-refractivity contribution in [2.75, 3.05) is 13.2 Å². The van der Waals surface area contributed by atoms with E-state index >= 15 is 0 Å². The minimum absolute atomic E-state index is 0.0170. The maximum atomic E-state index is 12.6. The van der Waals surface area contributed by atoms with Gasteiger partial charge >= 0.3 is 0 Å². The summed E-state index contributed by atoms with van der Waals surface area (Å²) in [7, 11) is -4.01. The Bertz CT molecular complexity index is 1290. The van der Waals surface area contributed by atoms with Gasteiger partial charge in [0.1, 0.15) is 5.75 Å². The van der Waals surface area contributed by atoms with Crippen LogP contribution in [0.4, 0.5) is 5.69 Å². The third kappa shape index (κ3) is 5.37. The van der Waals surface area contributed by atoms with Crippen molar-refractivity contribution in [3.63, 3.8) is 0 Å². The largest absolute Gasteiger partial charge is 0.494 e. The highest BCUT2D eigenvalue weighted by atomic mass is 32.2. The number of non-ortho nitro benzene ring substituents is 1. The van der Waals surface area contributed by atoms with E-state index in [1.165, 1.54) is 18.2 Å². The summed E-state index contributed by atoms with van der Waals surface area (Å²) >= 11 is 0. The van der Waals surface area contributed by atoms with Gasteiger partial charge in [-0.3, -0.25) is 14.9 Å². The van der Waals surface area contributed by atoms with Crippen LogP contribution in [0.5, 0.6) is 5.75 Å². The fourth-order valence-electron chi connectivity index (χ4n) is 3.01. The Balaban J connectivity index is 1.75. The van der Waals surface area contributed by atoms with E-state index in [4.69, 9.17) is 4.74 Å². The summed E-state index contributed by atoms with van der Waals surface area (Å²) in [6.45, 7) is 3.85. The number of aryl methyl sites for hydroxylation is 1. The third-order valence-corrected chi connectivity index (χ3v) is 6.22. The van der Waals surface area contributed by atoms with Crippen LogP contribution in [0, 0.1) is 17.0 Å². The van der Waals surface area contributed by atoms with Gasteiger partial charge in [0.2, 0.25) is 10.0 Å². The lowest BCUT2D eigenvalue weighted by Crippen LogP contribution is -2.32. The Morgan fingerprint density at radius 1 is 1.12 bits per heavy atom. The molecular formula is C21H22N4O6S. The molecule has 32 heavy (non-hydrogen) atoms. The van der Waals surface area contributed by atoms with Crippen molar-refractivity contribution >= 4 is 15.7 Å². The lowest BCUT2D eigenvalue weighted by molar-refractivity contribution is -0.385. The first-order valence-corrected chi connectivity index (χ1v) is 11.3. The maximum Gasteiger partial charge on any atom is 0.270 e. The van der Waals surface area contributed by atoms with Gasteiger partial charge in [0.15, 0.2) is 0 Å². The van der Waals surface area contributed by atoms with Gasteiger partial charge in [0.05, 0.1) is 28.7 Å². The number of hydrogen-bond acceptors (Lipinski definition) is 7.